The third-order valence-electron chi connectivity index (χ3n) is 2.34. The average Bonchev–Trinajstić information content (AvgIpc) is 2.88. The molecular weight excluding hydrogens is 262 g/mol. The number of thiophene rings is 1. The van der Waals surface area contributed by atoms with Gasteiger partial charge in [0.2, 0.25) is 0 Å². The molecule has 1 heterocycles. The van der Waals surface area contributed by atoms with Gasteiger partial charge in [-0.15, -0.1) is 11.3 Å². The van der Waals surface area contributed by atoms with E-state index in [0.29, 0.717) is 24.1 Å². The number of quaternary nitrogens is 1. The number of hydrogen-bond acceptors (Lipinski definition) is 4. The van der Waals surface area contributed by atoms with Crippen LogP contribution in [0.4, 0.5) is 0 Å². The first kappa shape index (κ1) is 15.7. The van der Waals surface area contributed by atoms with Crippen LogP contribution in [0.25, 0.3) is 0 Å². The van der Waals surface area contributed by atoms with Gasteiger partial charge in [0.05, 0.1) is 32.1 Å². The lowest BCUT2D eigenvalue weighted by molar-refractivity contribution is -0.858. The number of nitrogens with zero attached hydrogens (tertiary/aromatic N) is 1. The highest BCUT2D eigenvalue weighted by molar-refractivity contribution is 7.12. The largest absolute Gasteiger partial charge is 0.465 e. The second kappa shape index (κ2) is 8.66. The molecular formula is C13H22N3O2S+. The molecule has 0 aromatic carbocycles. The third kappa shape index (κ3) is 6.35. The molecule has 0 fully saturated rings. The molecule has 1 aromatic heterocycles. The average molecular weight is 284 g/mol. The molecule has 0 bridgehead atoms. The lowest BCUT2D eigenvalue weighted by atomic mass is 10.4. The summed E-state index contributed by atoms with van der Waals surface area (Å²) in [5, 5.41) is 4.57. The van der Waals surface area contributed by atoms with Crippen molar-refractivity contribution in [3.8, 4) is 0 Å². The van der Waals surface area contributed by atoms with Gasteiger partial charge in [-0.3, -0.25) is 10.1 Å². The summed E-state index contributed by atoms with van der Waals surface area (Å²) in [6.07, 6.45) is 0.966. The lowest BCUT2D eigenvalue weighted by Gasteiger charge is -2.09. The molecule has 1 aromatic rings. The standard InChI is InChI=1S/C13H21N3O2S/c1-4-18-13(14-8-6-9-16(2)3)15-12(17)11-7-5-10-19-11/h5,7,10H,4,6,8-9H2,1-3H3,(H,14,15,17)/p+1. The van der Waals surface area contributed by atoms with Gasteiger partial charge in [0, 0.05) is 13.0 Å². The van der Waals surface area contributed by atoms with Crippen molar-refractivity contribution in [2.75, 3.05) is 33.8 Å². The SMILES string of the molecule is CCOC(=NCCC[NH+](C)C)NC(=O)c1cccs1. The topological polar surface area (TPSA) is 55.1 Å². The Hall–Kier alpha value is -1.40. The first-order valence-electron chi connectivity index (χ1n) is 6.44. The number of amides is 1. The number of nitrogens with one attached hydrogen (secondary N) is 2. The predicted octanol–water partition coefficient (Wildman–Crippen LogP) is 0.405. The Morgan fingerprint density at radius 3 is 2.89 bits per heavy atom. The monoisotopic (exact) mass is 284 g/mol. The minimum atomic E-state index is -0.166. The molecule has 0 spiro atoms. The van der Waals surface area contributed by atoms with E-state index in [-0.39, 0.29) is 5.91 Å². The fraction of sp³-hybridized carbons (Fsp3) is 0.538. The van der Waals surface area contributed by atoms with E-state index in [2.05, 4.69) is 24.4 Å². The van der Waals surface area contributed by atoms with Crippen LogP contribution in [-0.4, -0.2) is 45.7 Å². The van der Waals surface area contributed by atoms with E-state index < -0.39 is 0 Å². The molecule has 19 heavy (non-hydrogen) atoms. The summed E-state index contributed by atoms with van der Waals surface area (Å²) in [6.45, 7) is 4.06. The van der Waals surface area contributed by atoms with Crippen LogP contribution < -0.4 is 10.2 Å². The highest BCUT2D eigenvalue weighted by Gasteiger charge is 2.10. The molecule has 1 amide bonds. The highest BCUT2D eigenvalue weighted by atomic mass is 32.1. The molecule has 0 aliphatic heterocycles. The Labute approximate surface area is 118 Å². The van der Waals surface area contributed by atoms with E-state index in [0.717, 1.165) is 13.0 Å². The van der Waals surface area contributed by atoms with E-state index >= 15 is 0 Å². The first-order valence-corrected chi connectivity index (χ1v) is 7.32. The van der Waals surface area contributed by atoms with E-state index in [1.54, 1.807) is 6.07 Å². The van der Waals surface area contributed by atoms with Gasteiger partial charge >= 0.3 is 0 Å². The van der Waals surface area contributed by atoms with Crippen LogP contribution in [0.15, 0.2) is 22.5 Å². The van der Waals surface area contributed by atoms with Gasteiger partial charge in [-0.1, -0.05) is 6.07 Å². The molecule has 0 unspecified atom stereocenters. The number of aliphatic imine (C=N–C) groups is 1. The van der Waals surface area contributed by atoms with E-state index in [4.69, 9.17) is 4.74 Å². The fourth-order valence-corrected chi connectivity index (χ4v) is 2.06. The van der Waals surface area contributed by atoms with Crippen molar-refractivity contribution in [2.24, 2.45) is 4.99 Å². The van der Waals surface area contributed by atoms with Crippen LogP contribution in [0.5, 0.6) is 0 Å². The second-order valence-electron chi connectivity index (χ2n) is 4.36. The van der Waals surface area contributed by atoms with Crippen molar-refractivity contribution in [3.63, 3.8) is 0 Å². The Bertz CT molecular complexity index is 402. The molecule has 6 heteroatoms. The van der Waals surface area contributed by atoms with Gasteiger partial charge in [0.1, 0.15) is 0 Å². The minimum absolute atomic E-state index is 0.166. The molecule has 1 rings (SSSR count). The van der Waals surface area contributed by atoms with Crippen molar-refractivity contribution in [2.45, 2.75) is 13.3 Å². The number of carbonyl (C=O) groups excluding carboxylic acids is 1. The Kier molecular flexibility index (Phi) is 7.14. The van der Waals surface area contributed by atoms with Crippen LogP contribution >= 0.6 is 11.3 Å². The Morgan fingerprint density at radius 1 is 1.53 bits per heavy atom. The summed E-state index contributed by atoms with van der Waals surface area (Å²) in [5.74, 6) is -0.166. The summed E-state index contributed by atoms with van der Waals surface area (Å²) < 4.78 is 5.33. The normalized spacial score (nSPS) is 11.7. The van der Waals surface area contributed by atoms with Gasteiger partial charge in [-0.2, -0.15) is 0 Å². The molecule has 2 N–H and O–H groups in total. The summed E-state index contributed by atoms with van der Waals surface area (Å²) in [7, 11) is 4.21. The van der Waals surface area contributed by atoms with Gasteiger partial charge in [-0.25, -0.2) is 4.99 Å². The molecule has 106 valence electrons. The maximum Gasteiger partial charge on any atom is 0.291 e. The van der Waals surface area contributed by atoms with Crippen LogP contribution in [0.1, 0.15) is 23.0 Å². The Balaban J connectivity index is 2.47. The summed E-state index contributed by atoms with van der Waals surface area (Å²) >= 11 is 1.40. The van der Waals surface area contributed by atoms with Crippen molar-refractivity contribution in [3.05, 3.63) is 22.4 Å². The molecule has 5 nitrogen and oxygen atoms in total. The molecule has 0 saturated heterocycles. The number of carbonyl (C=O) groups is 1. The Morgan fingerprint density at radius 2 is 2.32 bits per heavy atom. The fourth-order valence-electron chi connectivity index (χ4n) is 1.44. The van der Waals surface area contributed by atoms with Gasteiger partial charge < -0.3 is 9.64 Å². The van der Waals surface area contributed by atoms with Crippen LogP contribution in [0, 0.1) is 0 Å². The van der Waals surface area contributed by atoms with Crippen molar-refractivity contribution in [1.82, 2.24) is 5.32 Å². The number of amidine groups is 1. The van der Waals surface area contributed by atoms with E-state index in [9.17, 15) is 4.79 Å². The predicted molar refractivity (Wildman–Crippen MR) is 78.0 cm³/mol. The van der Waals surface area contributed by atoms with E-state index in [1.165, 1.54) is 16.2 Å². The molecule has 0 radical (unpaired) electrons. The van der Waals surface area contributed by atoms with Crippen LogP contribution in [0.3, 0.4) is 0 Å². The molecule has 0 atom stereocenters. The lowest BCUT2D eigenvalue weighted by Crippen LogP contribution is -3.05. The zero-order chi connectivity index (χ0) is 14.1. The maximum atomic E-state index is 11.9. The number of hydrogen-bond donors (Lipinski definition) is 2. The molecule has 0 saturated carbocycles. The quantitative estimate of drug-likeness (QED) is 0.451. The van der Waals surface area contributed by atoms with Gasteiger partial charge in [0.15, 0.2) is 0 Å². The first-order chi connectivity index (χ1) is 9.13. The molecule has 0 aliphatic rings. The third-order valence-corrected chi connectivity index (χ3v) is 3.21. The smallest absolute Gasteiger partial charge is 0.291 e. The molecule has 0 aliphatic carbocycles. The summed E-state index contributed by atoms with van der Waals surface area (Å²) in [6, 6.07) is 3.94. The van der Waals surface area contributed by atoms with Gasteiger partial charge in [0.25, 0.3) is 11.9 Å². The zero-order valence-corrected chi connectivity index (χ0v) is 12.5. The minimum Gasteiger partial charge on any atom is -0.465 e. The van der Waals surface area contributed by atoms with Gasteiger partial charge in [-0.05, 0) is 18.4 Å². The van der Waals surface area contributed by atoms with Crippen molar-refractivity contribution >= 4 is 23.3 Å². The van der Waals surface area contributed by atoms with E-state index in [1.807, 2.05) is 18.4 Å². The van der Waals surface area contributed by atoms with Crippen LogP contribution in [-0.2, 0) is 4.74 Å². The maximum absolute atomic E-state index is 11.9. The summed E-state index contributed by atoms with van der Waals surface area (Å²) in [4.78, 5) is 18.2. The number of rotatable bonds is 6. The van der Waals surface area contributed by atoms with Crippen molar-refractivity contribution < 1.29 is 14.4 Å². The summed E-state index contributed by atoms with van der Waals surface area (Å²) in [5.41, 5.74) is 0. The second-order valence-corrected chi connectivity index (χ2v) is 5.31. The number of ether oxygens (including phenoxy) is 1. The zero-order valence-electron chi connectivity index (χ0n) is 11.7. The highest BCUT2D eigenvalue weighted by Crippen LogP contribution is 2.07. The van der Waals surface area contributed by atoms with Crippen molar-refractivity contribution in [1.29, 1.82) is 0 Å². The van der Waals surface area contributed by atoms with Crippen LogP contribution in [0.2, 0.25) is 0 Å².